The first-order valence-corrected chi connectivity index (χ1v) is 9.64. The van der Waals surface area contributed by atoms with Crippen molar-refractivity contribution < 1.29 is 14.3 Å². The van der Waals surface area contributed by atoms with Crippen LogP contribution < -0.4 is 4.90 Å². The summed E-state index contributed by atoms with van der Waals surface area (Å²) in [6.45, 7) is 6.27. The highest BCUT2D eigenvalue weighted by Gasteiger charge is 2.27. The first-order chi connectivity index (χ1) is 13.4. The largest absolute Gasteiger partial charge is 0.443 e. The minimum atomic E-state index is -0.614. The summed E-state index contributed by atoms with van der Waals surface area (Å²) in [4.78, 5) is 32.0. The molecule has 1 aromatic carbocycles. The van der Waals surface area contributed by atoms with Crippen molar-refractivity contribution in [1.29, 1.82) is 0 Å². The van der Waals surface area contributed by atoms with Crippen molar-refractivity contribution in [2.24, 2.45) is 0 Å². The average molecular weight is 381 g/mol. The van der Waals surface area contributed by atoms with E-state index in [1.807, 2.05) is 68.1 Å². The fourth-order valence-electron chi connectivity index (χ4n) is 3.38. The summed E-state index contributed by atoms with van der Waals surface area (Å²) < 4.78 is 5.58. The number of ether oxygens (including phenoxy) is 1. The van der Waals surface area contributed by atoms with Gasteiger partial charge >= 0.3 is 6.09 Å². The molecular weight excluding hydrogens is 354 g/mol. The maximum absolute atomic E-state index is 12.9. The van der Waals surface area contributed by atoms with E-state index in [0.717, 1.165) is 37.8 Å². The summed E-state index contributed by atoms with van der Waals surface area (Å²) in [5, 5.41) is 0. The van der Waals surface area contributed by atoms with Gasteiger partial charge in [0, 0.05) is 12.7 Å². The molecule has 6 nitrogen and oxygen atoms in total. The molecule has 0 bridgehead atoms. The van der Waals surface area contributed by atoms with Gasteiger partial charge in [-0.2, -0.15) is 0 Å². The van der Waals surface area contributed by atoms with Crippen molar-refractivity contribution in [1.82, 2.24) is 9.88 Å². The van der Waals surface area contributed by atoms with E-state index in [0.29, 0.717) is 11.5 Å². The normalized spacial score (nSPS) is 17.1. The molecule has 0 saturated carbocycles. The zero-order valence-corrected chi connectivity index (χ0v) is 16.7. The van der Waals surface area contributed by atoms with Gasteiger partial charge in [-0.25, -0.2) is 14.7 Å². The molecule has 2 aromatic rings. The third-order valence-corrected chi connectivity index (χ3v) is 4.65. The Morgan fingerprint density at radius 2 is 1.93 bits per heavy atom. The van der Waals surface area contributed by atoms with Crippen molar-refractivity contribution in [3.05, 3.63) is 54.2 Å². The number of carbonyl (C=O) groups is 2. The van der Waals surface area contributed by atoms with E-state index >= 15 is 0 Å². The predicted molar refractivity (Wildman–Crippen MR) is 108 cm³/mol. The molecule has 148 valence electrons. The Hall–Kier alpha value is -2.89. The van der Waals surface area contributed by atoms with Crippen LogP contribution in [0.5, 0.6) is 0 Å². The molecule has 0 aliphatic carbocycles. The Bertz CT molecular complexity index is 800. The van der Waals surface area contributed by atoms with Crippen molar-refractivity contribution in [3.8, 4) is 0 Å². The second kappa shape index (κ2) is 8.42. The van der Waals surface area contributed by atoms with Crippen molar-refractivity contribution in [3.63, 3.8) is 0 Å². The number of nitrogens with zero attached hydrogens (tertiary/aromatic N) is 3. The van der Waals surface area contributed by atoms with Gasteiger partial charge in [-0.1, -0.05) is 24.3 Å². The Labute approximate surface area is 166 Å². The van der Waals surface area contributed by atoms with Gasteiger partial charge < -0.3 is 9.64 Å². The second-order valence-electron chi connectivity index (χ2n) is 7.96. The second-order valence-corrected chi connectivity index (χ2v) is 7.96. The lowest BCUT2D eigenvalue weighted by Gasteiger charge is -2.33. The zero-order valence-electron chi connectivity index (χ0n) is 16.7. The molecule has 0 spiro atoms. The molecule has 1 atom stereocenters. The smallest absolute Gasteiger partial charge is 0.420 e. The number of pyridine rings is 1. The number of hydrogen-bond donors (Lipinski definition) is 0. The number of carbonyl (C=O) groups excluding carboxylic acids is 2. The van der Waals surface area contributed by atoms with Gasteiger partial charge in [-0.05, 0) is 63.8 Å². The zero-order chi connectivity index (χ0) is 20.1. The van der Waals surface area contributed by atoms with Crippen LogP contribution in [0.4, 0.5) is 16.3 Å². The predicted octanol–water partition coefficient (Wildman–Crippen LogP) is 4.84. The number of hydrogen-bond acceptors (Lipinski definition) is 4. The lowest BCUT2D eigenvalue weighted by Crippen LogP contribution is -2.34. The topological polar surface area (TPSA) is 62.7 Å². The van der Waals surface area contributed by atoms with Crippen LogP contribution in [0.2, 0.25) is 0 Å². The van der Waals surface area contributed by atoms with Gasteiger partial charge in [0.1, 0.15) is 11.4 Å². The number of likely N-dealkylation sites (tertiary alicyclic amines) is 1. The van der Waals surface area contributed by atoms with E-state index in [-0.39, 0.29) is 6.04 Å². The maximum Gasteiger partial charge on any atom is 0.420 e. The van der Waals surface area contributed by atoms with E-state index in [1.54, 1.807) is 6.20 Å². The SMILES string of the molecule is CC(C)(C)OC(=O)N(c1ccccc1)c1ccc([C@@H]2CCCCN2C=O)cn1. The van der Waals surface area contributed by atoms with Gasteiger partial charge in [0.05, 0.1) is 11.7 Å². The Kier molecular flexibility index (Phi) is 5.97. The van der Waals surface area contributed by atoms with Crippen LogP contribution in [0.1, 0.15) is 51.6 Å². The monoisotopic (exact) mass is 381 g/mol. The molecule has 1 aromatic heterocycles. The molecular formula is C22H27N3O3. The summed E-state index contributed by atoms with van der Waals surface area (Å²) in [5.74, 6) is 0.484. The molecule has 3 rings (SSSR count). The number of piperidine rings is 1. The molecule has 28 heavy (non-hydrogen) atoms. The summed E-state index contributed by atoms with van der Waals surface area (Å²) in [6, 6.07) is 13.1. The van der Waals surface area contributed by atoms with Crippen molar-refractivity contribution in [2.75, 3.05) is 11.4 Å². The fraction of sp³-hybridized carbons (Fsp3) is 0.409. The van der Waals surface area contributed by atoms with E-state index in [9.17, 15) is 9.59 Å². The van der Waals surface area contributed by atoms with E-state index in [1.165, 1.54) is 4.90 Å². The molecule has 6 heteroatoms. The molecule has 0 radical (unpaired) electrons. The standard InChI is InChI=1S/C22H27N3O3/c1-22(2,3)28-21(27)25(18-9-5-4-6-10-18)20-13-12-17(15-23-20)19-11-7-8-14-24(19)16-26/h4-6,9-10,12-13,15-16,19H,7-8,11,14H2,1-3H3/t19-/m0/s1. The van der Waals surface area contributed by atoms with Crippen LogP contribution in [0.15, 0.2) is 48.7 Å². The van der Waals surface area contributed by atoms with Crippen molar-refractivity contribution in [2.45, 2.75) is 51.7 Å². The van der Waals surface area contributed by atoms with E-state index in [4.69, 9.17) is 4.74 Å². The van der Waals surface area contributed by atoms with Gasteiger partial charge in [-0.3, -0.25) is 4.79 Å². The van der Waals surface area contributed by atoms with Gasteiger partial charge in [0.2, 0.25) is 6.41 Å². The van der Waals surface area contributed by atoms with Crippen LogP contribution in [0.3, 0.4) is 0 Å². The minimum absolute atomic E-state index is 0.0412. The molecule has 1 saturated heterocycles. The maximum atomic E-state index is 12.9. The first kappa shape index (κ1) is 19.9. The summed E-state index contributed by atoms with van der Waals surface area (Å²) in [5.41, 5.74) is 1.05. The number of rotatable bonds is 4. The molecule has 1 aliphatic heterocycles. The van der Waals surface area contributed by atoms with Crippen LogP contribution in [0.25, 0.3) is 0 Å². The lowest BCUT2D eigenvalue weighted by atomic mass is 9.97. The van der Waals surface area contributed by atoms with E-state index < -0.39 is 11.7 Å². The first-order valence-electron chi connectivity index (χ1n) is 9.64. The highest BCUT2D eigenvalue weighted by Crippen LogP contribution is 2.31. The Morgan fingerprint density at radius 1 is 1.18 bits per heavy atom. The number of para-hydroxylation sites is 1. The highest BCUT2D eigenvalue weighted by molar-refractivity contribution is 5.95. The quantitative estimate of drug-likeness (QED) is 0.711. The van der Waals surface area contributed by atoms with Crippen molar-refractivity contribution >= 4 is 24.0 Å². The number of benzene rings is 1. The summed E-state index contributed by atoms with van der Waals surface area (Å²) in [7, 11) is 0. The van der Waals surface area contributed by atoms with Gasteiger partial charge in [-0.15, -0.1) is 0 Å². The van der Waals surface area contributed by atoms with E-state index in [2.05, 4.69) is 4.98 Å². The Morgan fingerprint density at radius 3 is 2.54 bits per heavy atom. The molecule has 2 heterocycles. The van der Waals surface area contributed by atoms with Crippen LogP contribution >= 0.6 is 0 Å². The number of aromatic nitrogens is 1. The lowest BCUT2D eigenvalue weighted by molar-refractivity contribution is -0.121. The van der Waals surface area contributed by atoms with Crippen LogP contribution in [-0.4, -0.2) is 34.5 Å². The number of anilines is 2. The minimum Gasteiger partial charge on any atom is -0.443 e. The third-order valence-electron chi connectivity index (χ3n) is 4.65. The van der Waals surface area contributed by atoms with Gasteiger partial charge in [0.25, 0.3) is 0 Å². The van der Waals surface area contributed by atoms with Crippen LogP contribution in [-0.2, 0) is 9.53 Å². The summed E-state index contributed by atoms with van der Waals surface area (Å²) in [6.07, 6.45) is 5.22. The molecule has 1 aliphatic rings. The fourth-order valence-corrected chi connectivity index (χ4v) is 3.38. The molecule has 2 amide bonds. The van der Waals surface area contributed by atoms with Gasteiger partial charge in [0.15, 0.2) is 0 Å². The molecule has 1 fully saturated rings. The molecule has 0 unspecified atom stereocenters. The summed E-state index contributed by atoms with van der Waals surface area (Å²) >= 11 is 0. The molecule has 0 N–H and O–H groups in total. The average Bonchev–Trinajstić information content (AvgIpc) is 2.68. The third kappa shape index (κ3) is 4.68. The van der Waals surface area contributed by atoms with Crippen LogP contribution in [0, 0.1) is 0 Å². The Balaban J connectivity index is 1.90. The number of amides is 2. The highest BCUT2D eigenvalue weighted by atomic mass is 16.6.